The van der Waals surface area contributed by atoms with E-state index >= 15 is 0 Å². The van der Waals surface area contributed by atoms with Gasteiger partial charge in [-0.15, -0.1) is 11.3 Å². The minimum absolute atomic E-state index is 0.516. The molecule has 0 aliphatic rings. The van der Waals surface area contributed by atoms with Gasteiger partial charge in [0.2, 0.25) is 0 Å². The van der Waals surface area contributed by atoms with E-state index in [4.69, 9.17) is 4.74 Å². The summed E-state index contributed by atoms with van der Waals surface area (Å²) in [5.74, 6) is 0. The summed E-state index contributed by atoms with van der Waals surface area (Å²) in [6, 6.07) is 0.516. The molecule has 0 aromatic carbocycles. The van der Waals surface area contributed by atoms with E-state index in [2.05, 4.69) is 31.1 Å². The molecule has 0 bridgehead atoms. The molecule has 0 saturated carbocycles. The highest BCUT2D eigenvalue weighted by Crippen LogP contribution is 2.21. The maximum atomic E-state index is 5.42. The third-order valence-electron chi connectivity index (χ3n) is 2.41. The SMILES string of the molecule is CCCc1nc(COCC)sc1CNC(C)C. The van der Waals surface area contributed by atoms with Gasteiger partial charge in [0.05, 0.1) is 12.3 Å². The highest BCUT2D eigenvalue weighted by atomic mass is 32.1. The first kappa shape index (κ1) is 14.6. The van der Waals surface area contributed by atoms with E-state index in [1.807, 2.05) is 6.92 Å². The number of rotatable bonds is 8. The first-order valence-corrected chi connectivity index (χ1v) is 7.27. The maximum absolute atomic E-state index is 5.42. The Bertz CT molecular complexity index is 323. The van der Waals surface area contributed by atoms with Crippen LogP contribution in [0.1, 0.15) is 49.7 Å². The van der Waals surface area contributed by atoms with Gasteiger partial charge in [-0.3, -0.25) is 0 Å². The number of ether oxygens (including phenoxy) is 1. The van der Waals surface area contributed by atoms with Gasteiger partial charge in [0, 0.05) is 24.1 Å². The molecule has 0 spiro atoms. The Morgan fingerprint density at radius 2 is 2.12 bits per heavy atom. The van der Waals surface area contributed by atoms with Gasteiger partial charge in [0.15, 0.2) is 0 Å². The molecule has 0 radical (unpaired) electrons. The van der Waals surface area contributed by atoms with E-state index in [0.717, 1.165) is 31.0 Å². The molecule has 1 aromatic rings. The second-order valence-corrected chi connectivity index (χ2v) is 5.57. The van der Waals surface area contributed by atoms with Crippen LogP contribution in [0.15, 0.2) is 0 Å². The topological polar surface area (TPSA) is 34.1 Å². The molecule has 1 N–H and O–H groups in total. The molecule has 1 heterocycles. The molecule has 0 aliphatic carbocycles. The monoisotopic (exact) mass is 256 g/mol. The third kappa shape index (κ3) is 5.15. The molecular formula is C13H24N2OS. The van der Waals surface area contributed by atoms with Crippen LogP contribution < -0.4 is 5.32 Å². The Kier molecular flexibility index (Phi) is 6.70. The fraction of sp³-hybridized carbons (Fsp3) is 0.769. The standard InChI is InChI=1S/C13H24N2OS/c1-5-7-11-12(8-14-10(3)4)17-13(15-11)9-16-6-2/h10,14H,5-9H2,1-4H3. The van der Waals surface area contributed by atoms with Crippen LogP contribution in [-0.2, 0) is 24.3 Å². The average Bonchev–Trinajstić information content (AvgIpc) is 2.67. The normalized spacial score (nSPS) is 11.4. The molecule has 0 fully saturated rings. The van der Waals surface area contributed by atoms with Crippen molar-refractivity contribution in [2.24, 2.45) is 0 Å². The number of hydrogen-bond donors (Lipinski definition) is 1. The highest BCUT2D eigenvalue weighted by Gasteiger charge is 2.10. The summed E-state index contributed by atoms with van der Waals surface area (Å²) < 4.78 is 5.42. The van der Waals surface area contributed by atoms with Crippen LogP contribution in [0.2, 0.25) is 0 Å². The highest BCUT2D eigenvalue weighted by molar-refractivity contribution is 7.11. The van der Waals surface area contributed by atoms with Crippen LogP contribution in [0.4, 0.5) is 0 Å². The molecule has 0 atom stereocenters. The number of thiazole rings is 1. The van der Waals surface area contributed by atoms with Crippen molar-refractivity contribution in [3.05, 3.63) is 15.6 Å². The van der Waals surface area contributed by atoms with Crippen molar-refractivity contribution in [3.8, 4) is 0 Å². The van der Waals surface area contributed by atoms with Crippen LogP contribution in [0.3, 0.4) is 0 Å². The van der Waals surface area contributed by atoms with Gasteiger partial charge in [-0.1, -0.05) is 27.2 Å². The molecular weight excluding hydrogens is 232 g/mol. The zero-order chi connectivity index (χ0) is 12.7. The molecule has 0 aliphatic heterocycles. The largest absolute Gasteiger partial charge is 0.375 e. The number of aromatic nitrogens is 1. The summed E-state index contributed by atoms with van der Waals surface area (Å²) in [5.41, 5.74) is 1.25. The van der Waals surface area contributed by atoms with E-state index in [0.29, 0.717) is 12.6 Å². The Morgan fingerprint density at radius 3 is 2.71 bits per heavy atom. The molecule has 1 rings (SSSR count). The Balaban J connectivity index is 2.66. The fourth-order valence-corrected chi connectivity index (χ4v) is 2.56. The predicted molar refractivity (Wildman–Crippen MR) is 73.4 cm³/mol. The van der Waals surface area contributed by atoms with Crippen molar-refractivity contribution >= 4 is 11.3 Å². The smallest absolute Gasteiger partial charge is 0.119 e. The van der Waals surface area contributed by atoms with Crippen molar-refractivity contribution < 1.29 is 4.74 Å². The van der Waals surface area contributed by atoms with Gasteiger partial charge in [-0.25, -0.2) is 4.98 Å². The van der Waals surface area contributed by atoms with Gasteiger partial charge in [-0.05, 0) is 13.3 Å². The van der Waals surface area contributed by atoms with E-state index in [9.17, 15) is 0 Å². The summed E-state index contributed by atoms with van der Waals surface area (Å²) >= 11 is 1.78. The van der Waals surface area contributed by atoms with Crippen molar-refractivity contribution in [1.29, 1.82) is 0 Å². The van der Waals surface area contributed by atoms with Gasteiger partial charge in [0.25, 0.3) is 0 Å². The first-order valence-electron chi connectivity index (χ1n) is 6.45. The summed E-state index contributed by atoms with van der Waals surface area (Å²) in [6.07, 6.45) is 2.21. The molecule has 0 unspecified atom stereocenters. The van der Waals surface area contributed by atoms with E-state index < -0.39 is 0 Å². The van der Waals surface area contributed by atoms with Crippen molar-refractivity contribution in [2.75, 3.05) is 6.61 Å². The number of nitrogens with one attached hydrogen (secondary N) is 1. The van der Waals surface area contributed by atoms with Gasteiger partial charge < -0.3 is 10.1 Å². The second kappa shape index (κ2) is 7.80. The quantitative estimate of drug-likeness (QED) is 0.776. The van der Waals surface area contributed by atoms with Gasteiger partial charge in [0.1, 0.15) is 5.01 Å². The first-order chi connectivity index (χ1) is 8.17. The molecule has 0 saturated heterocycles. The van der Waals surface area contributed by atoms with E-state index in [1.54, 1.807) is 11.3 Å². The lowest BCUT2D eigenvalue weighted by atomic mass is 10.2. The summed E-state index contributed by atoms with van der Waals surface area (Å²) in [4.78, 5) is 6.04. The van der Waals surface area contributed by atoms with Crippen LogP contribution in [0.25, 0.3) is 0 Å². The van der Waals surface area contributed by atoms with Crippen LogP contribution in [0.5, 0.6) is 0 Å². The predicted octanol–water partition coefficient (Wildman–Crippen LogP) is 3.13. The van der Waals surface area contributed by atoms with E-state index in [-0.39, 0.29) is 0 Å². The molecule has 1 aromatic heterocycles. The summed E-state index contributed by atoms with van der Waals surface area (Å²) in [6.45, 7) is 10.9. The van der Waals surface area contributed by atoms with Gasteiger partial charge >= 0.3 is 0 Å². The van der Waals surface area contributed by atoms with E-state index in [1.165, 1.54) is 10.6 Å². The zero-order valence-electron chi connectivity index (χ0n) is 11.4. The van der Waals surface area contributed by atoms with Crippen LogP contribution >= 0.6 is 11.3 Å². The Labute approximate surface area is 109 Å². The third-order valence-corrected chi connectivity index (χ3v) is 3.48. The molecule has 0 amide bonds. The van der Waals surface area contributed by atoms with Crippen molar-refractivity contribution in [2.45, 2.75) is 59.7 Å². The Hall–Kier alpha value is -0.450. The summed E-state index contributed by atoms with van der Waals surface area (Å²) in [7, 11) is 0. The van der Waals surface area contributed by atoms with Crippen LogP contribution in [-0.4, -0.2) is 17.6 Å². The number of nitrogens with zero attached hydrogens (tertiary/aromatic N) is 1. The lowest BCUT2D eigenvalue weighted by Crippen LogP contribution is -2.21. The number of aryl methyl sites for hydroxylation is 1. The molecule has 4 heteroatoms. The molecule has 3 nitrogen and oxygen atoms in total. The average molecular weight is 256 g/mol. The number of hydrogen-bond acceptors (Lipinski definition) is 4. The molecule has 98 valence electrons. The molecule has 17 heavy (non-hydrogen) atoms. The summed E-state index contributed by atoms with van der Waals surface area (Å²) in [5, 5.41) is 4.57. The minimum atomic E-state index is 0.516. The Morgan fingerprint density at radius 1 is 1.35 bits per heavy atom. The van der Waals surface area contributed by atoms with Crippen molar-refractivity contribution in [1.82, 2.24) is 10.3 Å². The second-order valence-electron chi connectivity index (χ2n) is 4.40. The maximum Gasteiger partial charge on any atom is 0.119 e. The fourth-order valence-electron chi connectivity index (χ4n) is 1.55. The van der Waals surface area contributed by atoms with Crippen LogP contribution in [0, 0.1) is 0 Å². The lowest BCUT2D eigenvalue weighted by molar-refractivity contribution is 0.134. The minimum Gasteiger partial charge on any atom is -0.375 e. The zero-order valence-corrected chi connectivity index (χ0v) is 12.2. The van der Waals surface area contributed by atoms with Crippen molar-refractivity contribution in [3.63, 3.8) is 0 Å². The van der Waals surface area contributed by atoms with Gasteiger partial charge in [-0.2, -0.15) is 0 Å². The lowest BCUT2D eigenvalue weighted by Gasteiger charge is -2.07.